The minimum Gasteiger partial charge on any atom is -0.467 e. The quantitative estimate of drug-likeness (QED) is 0.380. The van der Waals surface area contributed by atoms with Gasteiger partial charge in [-0.25, -0.2) is 4.99 Å². The van der Waals surface area contributed by atoms with E-state index in [1.54, 1.807) is 24.5 Å². The summed E-state index contributed by atoms with van der Waals surface area (Å²) in [7, 11) is 0. The van der Waals surface area contributed by atoms with E-state index in [4.69, 9.17) is 21.0 Å². The monoisotopic (exact) mass is 532 g/mol. The fourth-order valence-corrected chi connectivity index (χ4v) is 5.44. The smallest absolute Gasteiger partial charge is 0.255 e. The molecule has 0 fully saturated rings. The predicted molar refractivity (Wildman–Crippen MR) is 147 cm³/mol. The number of para-hydroxylation sites is 1. The molecule has 0 saturated heterocycles. The number of hydrogen-bond acceptors (Lipinski definition) is 6. The van der Waals surface area contributed by atoms with Gasteiger partial charge < -0.3 is 20.0 Å². The fraction of sp³-hybridized carbons (Fsp3) is 0.179. The van der Waals surface area contributed by atoms with Crippen LogP contribution in [0.1, 0.15) is 36.3 Å². The number of amides is 2. The van der Waals surface area contributed by atoms with Gasteiger partial charge in [-0.05, 0) is 60.7 Å². The lowest BCUT2D eigenvalue weighted by atomic mass is 9.93. The summed E-state index contributed by atoms with van der Waals surface area (Å²) in [6.45, 7) is 4.09. The summed E-state index contributed by atoms with van der Waals surface area (Å²) >= 11 is 7.63. The van der Waals surface area contributed by atoms with Crippen LogP contribution in [0.5, 0.6) is 0 Å². The minimum atomic E-state index is -0.479. The average Bonchev–Trinajstić information content (AvgIpc) is 3.54. The largest absolute Gasteiger partial charge is 0.467 e. The number of nitrogens with one attached hydrogen (secondary N) is 2. The number of thioether (sulfide) groups is 1. The summed E-state index contributed by atoms with van der Waals surface area (Å²) in [5, 5.41) is 9.19. The van der Waals surface area contributed by atoms with Crippen molar-refractivity contribution < 1.29 is 14.0 Å². The van der Waals surface area contributed by atoms with E-state index in [-0.39, 0.29) is 18.2 Å². The molecule has 0 spiro atoms. The van der Waals surface area contributed by atoms with E-state index in [2.05, 4.69) is 10.6 Å². The number of aliphatic imine (C=N–C) groups is 1. The van der Waals surface area contributed by atoms with Gasteiger partial charge in [-0.1, -0.05) is 53.7 Å². The molecule has 3 aromatic rings. The molecule has 7 nitrogen and oxygen atoms in total. The summed E-state index contributed by atoms with van der Waals surface area (Å²) in [5.41, 5.74) is 4.47. The summed E-state index contributed by atoms with van der Waals surface area (Å²) in [6.07, 6.45) is 1.70. The third kappa shape index (κ3) is 5.35. The Bertz CT molecular complexity index is 1430. The third-order valence-electron chi connectivity index (χ3n) is 6.21. The number of aryl methyl sites for hydroxylation is 1. The van der Waals surface area contributed by atoms with E-state index < -0.39 is 6.04 Å². The molecule has 0 saturated carbocycles. The van der Waals surface area contributed by atoms with Gasteiger partial charge in [0.15, 0.2) is 5.17 Å². The number of allylic oxidation sites excluding steroid dienone is 1. The number of amidine groups is 1. The second-order valence-corrected chi connectivity index (χ2v) is 10.0. The normalized spacial score (nSPS) is 16.7. The van der Waals surface area contributed by atoms with E-state index >= 15 is 0 Å². The molecule has 2 N–H and O–H groups in total. The number of nitrogens with zero attached hydrogens (tertiary/aromatic N) is 2. The Hall–Kier alpha value is -3.75. The standard InChI is InChI=1S/C28H25ClN4O3S/c1-17-6-3-4-8-23(17)32-27(35)25-18(2)31-28-33(26(25)19-9-11-20(29)12-10-19)21(16-37-28)14-24(34)30-15-22-7-5-13-36-22/h3-13,16,26H,14-15H2,1-2H3,(H,30,34)(H,32,35). The van der Waals surface area contributed by atoms with Crippen molar-refractivity contribution in [2.75, 3.05) is 5.32 Å². The molecule has 0 bridgehead atoms. The van der Waals surface area contributed by atoms with Crippen molar-refractivity contribution in [1.82, 2.24) is 10.2 Å². The molecule has 37 heavy (non-hydrogen) atoms. The van der Waals surface area contributed by atoms with Crippen LogP contribution in [0.4, 0.5) is 5.69 Å². The summed E-state index contributed by atoms with van der Waals surface area (Å²) in [6, 6.07) is 18.2. The lowest BCUT2D eigenvalue weighted by Gasteiger charge is -2.36. The molecule has 9 heteroatoms. The number of anilines is 1. The van der Waals surface area contributed by atoms with Gasteiger partial charge in [0.05, 0.1) is 36.5 Å². The Morgan fingerprint density at radius 3 is 2.59 bits per heavy atom. The van der Waals surface area contributed by atoms with Crippen LogP contribution >= 0.6 is 23.4 Å². The zero-order valence-corrected chi connectivity index (χ0v) is 21.9. The Labute approximate surface area is 224 Å². The van der Waals surface area contributed by atoms with Gasteiger partial charge in [-0.2, -0.15) is 0 Å². The van der Waals surface area contributed by atoms with Crippen LogP contribution < -0.4 is 10.6 Å². The molecular formula is C28H25ClN4O3S. The second kappa shape index (κ2) is 10.7. The summed E-state index contributed by atoms with van der Waals surface area (Å²) < 4.78 is 5.31. The van der Waals surface area contributed by atoms with Crippen molar-refractivity contribution in [3.63, 3.8) is 0 Å². The molecule has 188 valence electrons. The van der Waals surface area contributed by atoms with Gasteiger partial charge in [0.25, 0.3) is 5.91 Å². The number of hydrogen-bond donors (Lipinski definition) is 2. The van der Waals surface area contributed by atoms with Crippen molar-refractivity contribution in [3.8, 4) is 0 Å². The van der Waals surface area contributed by atoms with Crippen LogP contribution in [-0.4, -0.2) is 21.9 Å². The van der Waals surface area contributed by atoms with Crippen molar-refractivity contribution in [2.45, 2.75) is 32.9 Å². The molecule has 0 radical (unpaired) electrons. The van der Waals surface area contributed by atoms with Crippen LogP contribution in [0.2, 0.25) is 5.02 Å². The number of halogens is 1. The maximum atomic E-state index is 13.7. The number of carbonyl (C=O) groups excluding carboxylic acids is 2. The predicted octanol–water partition coefficient (Wildman–Crippen LogP) is 6.16. The second-order valence-electron chi connectivity index (χ2n) is 8.75. The molecule has 0 aliphatic carbocycles. The van der Waals surface area contributed by atoms with Gasteiger partial charge in [-0.15, -0.1) is 0 Å². The Balaban J connectivity index is 1.45. The maximum Gasteiger partial charge on any atom is 0.255 e. The molecule has 5 rings (SSSR count). The van der Waals surface area contributed by atoms with E-state index in [0.717, 1.165) is 27.7 Å². The molecular weight excluding hydrogens is 508 g/mol. The number of fused-ring (bicyclic) bond motifs is 1. The van der Waals surface area contributed by atoms with Crippen LogP contribution in [0.25, 0.3) is 0 Å². The van der Waals surface area contributed by atoms with E-state index in [1.807, 2.05) is 66.6 Å². The number of benzene rings is 2. The Kier molecular flexibility index (Phi) is 7.21. The third-order valence-corrected chi connectivity index (χ3v) is 7.35. The van der Waals surface area contributed by atoms with Gasteiger partial charge in [0, 0.05) is 16.4 Å². The first-order valence-corrected chi connectivity index (χ1v) is 13.0. The lowest BCUT2D eigenvalue weighted by molar-refractivity contribution is -0.120. The number of carbonyl (C=O) groups is 2. The van der Waals surface area contributed by atoms with E-state index in [0.29, 0.717) is 28.6 Å². The summed E-state index contributed by atoms with van der Waals surface area (Å²) in [4.78, 5) is 33.3. The van der Waals surface area contributed by atoms with Gasteiger partial charge >= 0.3 is 0 Å². The van der Waals surface area contributed by atoms with Crippen molar-refractivity contribution >= 4 is 46.0 Å². The van der Waals surface area contributed by atoms with Crippen LogP contribution in [0.3, 0.4) is 0 Å². The van der Waals surface area contributed by atoms with Gasteiger partial charge in [0.1, 0.15) is 5.76 Å². The Morgan fingerprint density at radius 2 is 1.86 bits per heavy atom. The SMILES string of the molecule is CC1=C(C(=O)Nc2ccccc2C)C(c2ccc(Cl)cc2)N2C(CC(=O)NCc3ccco3)=CSC2=N1. The fourth-order valence-electron chi connectivity index (χ4n) is 4.35. The van der Waals surface area contributed by atoms with Gasteiger partial charge in [-0.3, -0.25) is 9.59 Å². The first-order chi connectivity index (χ1) is 17.9. The highest BCUT2D eigenvalue weighted by molar-refractivity contribution is 8.16. The highest BCUT2D eigenvalue weighted by Crippen LogP contribution is 2.45. The summed E-state index contributed by atoms with van der Waals surface area (Å²) in [5.74, 6) is 0.278. The Morgan fingerprint density at radius 1 is 1.08 bits per heavy atom. The van der Waals surface area contributed by atoms with Gasteiger partial charge in [0.2, 0.25) is 5.91 Å². The first-order valence-electron chi connectivity index (χ1n) is 11.8. The highest BCUT2D eigenvalue weighted by Gasteiger charge is 2.40. The molecule has 2 aromatic carbocycles. The molecule has 1 atom stereocenters. The van der Waals surface area contributed by atoms with Crippen molar-refractivity contribution in [1.29, 1.82) is 0 Å². The topological polar surface area (TPSA) is 86.9 Å². The minimum absolute atomic E-state index is 0.128. The molecule has 1 unspecified atom stereocenters. The maximum absolute atomic E-state index is 13.7. The molecule has 3 heterocycles. The van der Waals surface area contributed by atoms with E-state index in [9.17, 15) is 9.59 Å². The molecule has 2 aliphatic rings. The van der Waals surface area contributed by atoms with E-state index in [1.165, 1.54) is 11.8 Å². The van der Waals surface area contributed by atoms with Crippen molar-refractivity contribution in [3.05, 3.63) is 111 Å². The van der Waals surface area contributed by atoms with Crippen LogP contribution in [0, 0.1) is 6.92 Å². The van der Waals surface area contributed by atoms with Crippen molar-refractivity contribution in [2.24, 2.45) is 4.99 Å². The lowest BCUT2D eigenvalue weighted by Crippen LogP contribution is -2.38. The average molecular weight is 533 g/mol. The molecule has 2 amide bonds. The number of rotatable bonds is 7. The van der Waals surface area contributed by atoms with Crippen LogP contribution in [-0.2, 0) is 16.1 Å². The first kappa shape index (κ1) is 24.9. The molecule has 2 aliphatic heterocycles. The molecule has 1 aromatic heterocycles. The zero-order valence-electron chi connectivity index (χ0n) is 20.3. The zero-order chi connectivity index (χ0) is 25.9. The highest BCUT2D eigenvalue weighted by atomic mass is 35.5. The van der Waals surface area contributed by atoms with Crippen LogP contribution in [0.15, 0.2) is 98.7 Å². The number of furan rings is 1.